The van der Waals surface area contributed by atoms with Crippen molar-refractivity contribution in [1.82, 2.24) is 15.5 Å². The molecular formula is C12H27N3. The van der Waals surface area contributed by atoms with Crippen LogP contribution < -0.4 is 10.6 Å². The maximum absolute atomic E-state index is 3.66. The predicted octanol–water partition coefficient (Wildman–Crippen LogP) is 1.06. The Morgan fingerprint density at radius 2 is 2.00 bits per heavy atom. The minimum atomic E-state index is 0.394. The van der Waals surface area contributed by atoms with E-state index in [0.717, 1.165) is 19.6 Å². The first-order valence-electron chi connectivity index (χ1n) is 6.37. The largest absolute Gasteiger partial charge is 0.314 e. The molecule has 2 N–H and O–H groups in total. The summed E-state index contributed by atoms with van der Waals surface area (Å²) in [5.41, 5.74) is 0.394. The van der Waals surface area contributed by atoms with E-state index in [-0.39, 0.29) is 0 Å². The van der Waals surface area contributed by atoms with E-state index >= 15 is 0 Å². The Labute approximate surface area is 94.6 Å². The van der Waals surface area contributed by atoms with Gasteiger partial charge in [0.15, 0.2) is 0 Å². The average molecular weight is 213 g/mol. The molecule has 90 valence electrons. The van der Waals surface area contributed by atoms with Crippen LogP contribution in [0.5, 0.6) is 0 Å². The van der Waals surface area contributed by atoms with Gasteiger partial charge in [-0.25, -0.2) is 0 Å². The predicted molar refractivity (Wildman–Crippen MR) is 66.3 cm³/mol. The highest BCUT2D eigenvalue weighted by Gasteiger charge is 2.34. The molecule has 0 amide bonds. The second-order valence-corrected chi connectivity index (χ2v) is 4.93. The molecule has 3 heteroatoms. The van der Waals surface area contributed by atoms with Crippen LogP contribution in [0.25, 0.3) is 0 Å². The van der Waals surface area contributed by atoms with Crippen LogP contribution >= 0.6 is 0 Å². The topological polar surface area (TPSA) is 27.3 Å². The summed E-state index contributed by atoms with van der Waals surface area (Å²) in [4.78, 5) is 2.43. The molecule has 2 aliphatic rings. The number of piperidine rings is 1. The first kappa shape index (κ1) is 12.9. The zero-order chi connectivity index (χ0) is 11.1. The highest BCUT2D eigenvalue weighted by atomic mass is 15.2. The van der Waals surface area contributed by atoms with Crippen molar-refractivity contribution >= 4 is 0 Å². The number of nitrogens with zero attached hydrogens (tertiary/aromatic N) is 1. The number of likely N-dealkylation sites (N-methyl/N-ethyl adjacent to an activating group) is 1. The van der Waals surface area contributed by atoms with Crippen molar-refractivity contribution < 1.29 is 0 Å². The van der Waals surface area contributed by atoms with Crippen LogP contribution in [0, 0.1) is 0 Å². The summed E-state index contributed by atoms with van der Waals surface area (Å²) in [6.07, 6.45) is 3.93. The van der Waals surface area contributed by atoms with Crippen molar-refractivity contribution in [2.24, 2.45) is 0 Å². The van der Waals surface area contributed by atoms with Crippen molar-refractivity contribution in [3.8, 4) is 0 Å². The molecule has 0 aromatic heterocycles. The fourth-order valence-electron chi connectivity index (χ4n) is 2.46. The molecule has 0 aliphatic carbocycles. The molecule has 0 saturated carbocycles. The Bertz CT molecular complexity index is 159. The third-order valence-corrected chi connectivity index (χ3v) is 3.03. The maximum atomic E-state index is 3.66. The first-order valence-corrected chi connectivity index (χ1v) is 6.37. The molecule has 0 aromatic carbocycles. The number of rotatable bonds is 0. The number of likely N-dealkylation sites (tertiary alicyclic amines) is 1. The normalized spacial score (nSPS) is 32.2. The molecule has 2 rings (SSSR count). The van der Waals surface area contributed by atoms with Crippen LogP contribution in [0.4, 0.5) is 0 Å². The van der Waals surface area contributed by atoms with E-state index in [4.69, 9.17) is 0 Å². The summed E-state index contributed by atoms with van der Waals surface area (Å²) in [6, 6.07) is 0. The number of piperazine rings is 1. The van der Waals surface area contributed by atoms with E-state index in [0.29, 0.717) is 5.54 Å². The van der Waals surface area contributed by atoms with E-state index in [1.54, 1.807) is 0 Å². The third-order valence-electron chi connectivity index (χ3n) is 3.03. The van der Waals surface area contributed by atoms with Gasteiger partial charge in [0.25, 0.3) is 0 Å². The van der Waals surface area contributed by atoms with Gasteiger partial charge in [-0.3, -0.25) is 0 Å². The lowest BCUT2D eigenvalue weighted by molar-refractivity contribution is 0.128. The van der Waals surface area contributed by atoms with Crippen molar-refractivity contribution in [2.75, 3.05) is 39.8 Å². The SMILES string of the molecule is CCC.CN1CCCC2(CNCCN2)C1. The molecule has 3 nitrogen and oxygen atoms in total. The van der Waals surface area contributed by atoms with Gasteiger partial charge in [-0.05, 0) is 26.4 Å². The molecule has 0 aromatic rings. The molecule has 0 bridgehead atoms. The van der Waals surface area contributed by atoms with Gasteiger partial charge in [0.2, 0.25) is 0 Å². The van der Waals surface area contributed by atoms with Crippen LogP contribution in [0.2, 0.25) is 0 Å². The number of hydrogen-bond acceptors (Lipinski definition) is 3. The fraction of sp³-hybridized carbons (Fsp3) is 1.00. The second kappa shape index (κ2) is 6.46. The molecule has 1 spiro atoms. The second-order valence-electron chi connectivity index (χ2n) is 4.93. The van der Waals surface area contributed by atoms with Crippen molar-refractivity contribution in [1.29, 1.82) is 0 Å². The van der Waals surface area contributed by atoms with Crippen molar-refractivity contribution in [3.63, 3.8) is 0 Å². The number of hydrogen-bond donors (Lipinski definition) is 2. The molecule has 2 fully saturated rings. The summed E-state index contributed by atoms with van der Waals surface area (Å²) >= 11 is 0. The Hall–Kier alpha value is -0.120. The van der Waals surface area contributed by atoms with Crippen LogP contribution in [-0.2, 0) is 0 Å². The lowest BCUT2D eigenvalue weighted by Crippen LogP contribution is -2.65. The minimum Gasteiger partial charge on any atom is -0.314 e. The van der Waals surface area contributed by atoms with Crippen LogP contribution in [-0.4, -0.2) is 50.2 Å². The van der Waals surface area contributed by atoms with Crippen LogP contribution in [0.15, 0.2) is 0 Å². The lowest BCUT2D eigenvalue weighted by Gasteiger charge is -2.45. The van der Waals surface area contributed by atoms with Gasteiger partial charge in [0.1, 0.15) is 0 Å². The van der Waals surface area contributed by atoms with E-state index in [1.165, 1.54) is 32.4 Å². The van der Waals surface area contributed by atoms with Gasteiger partial charge >= 0.3 is 0 Å². The summed E-state index contributed by atoms with van der Waals surface area (Å²) in [5, 5.41) is 7.14. The van der Waals surface area contributed by atoms with Gasteiger partial charge in [0, 0.05) is 31.7 Å². The molecule has 0 radical (unpaired) electrons. The smallest absolute Gasteiger partial charge is 0.0435 e. The highest BCUT2D eigenvalue weighted by Crippen LogP contribution is 2.20. The summed E-state index contributed by atoms with van der Waals surface area (Å²) in [6.45, 7) is 10.1. The Balaban J connectivity index is 0.000000337. The molecule has 1 unspecified atom stereocenters. The Kier molecular flexibility index (Phi) is 5.58. The summed E-state index contributed by atoms with van der Waals surface area (Å²) in [5.74, 6) is 0. The van der Waals surface area contributed by atoms with Gasteiger partial charge < -0.3 is 15.5 Å². The van der Waals surface area contributed by atoms with E-state index in [9.17, 15) is 0 Å². The zero-order valence-electron chi connectivity index (χ0n) is 10.6. The van der Waals surface area contributed by atoms with E-state index < -0.39 is 0 Å². The average Bonchev–Trinajstić information content (AvgIpc) is 2.19. The third kappa shape index (κ3) is 4.09. The molecule has 2 heterocycles. The van der Waals surface area contributed by atoms with E-state index in [2.05, 4.69) is 36.4 Å². The first-order chi connectivity index (χ1) is 7.22. The van der Waals surface area contributed by atoms with Crippen LogP contribution in [0.3, 0.4) is 0 Å². The standard InChI is InChI=1S/C9H19N3.C3H8/c1-12-6-2-3-9(8-12)7-10-4-5-11-9;1-3-2/h10-11H,2-8H2,1H3;3H2,1-2H3. The summed E-state index contributed by atoms with van der Waals surface area (Å²) < 4.78 is 0. The Morgan fingerprint density at radius 3 is 2.53 bits per heavy atom. The van der Waals surface area contributed by atoms with Gasteiger partial charge in [-0.2, -0.15) is 0 Å². The fourth-order valence-corrected chi connectivity index (χ4v) is 2.46. The van der Waals surface area contributed by atoms with Gasteiger partial charge in [-0.15, -0.1) is 0 Å². The molecule has 1 atom stereocenters. The summed E-state index contributed by atoms with van der Waals surface area (Å²) in [7, 11) is 2.22. The van der Waals surface area contributed by atoms with Crippen LogP contribution in [0.1, 0.15) is 33.1 Å². The molecule has 15 heavy (non-hydrogen) atoms. The lowest BCUT2D eigenvalue weighted by atomic mass is 9.88. The highest BCUT2D eigenvalue weighted by molar-refractivity contribution is 4.97. The maximum Gasteiger partial charge on any atom is 0.0435 e. The zero-order valence-corrected chi connectivity index (χ0v) is 10.6. The van der Waals surface area contributed by atoms with Gasteiger partial charge in [0.05, 0.1) is 0 Å². The molecule has 2 saturated heterocycles. The molecule has 2 aliphatic heterocycles. The number of nitrogens with one attached hydrogen (secondary N) is 2. The van der Waals surface area contributed by atoms with Crippen molar-refractivity contribution in [3.05, 3.63) is 0 Å². The van der Waals surface area contributed by atoms with E-state index in [1.807, 2.05) is 0 Å². The van der Waals surface area contributed by atoms with Crippen molar-refractivity contribution in [2.45, 2.75) is 38.6 Å². The molecular weight excluding hydrogens is 186 g/mol. The quantitative estimate of drug-likeness (QED) is 0.630. The minimum absolute atomic E-state index is 0.394. The monoisotopic (exact) mass is 213 g/mol. The van der Waals surface area contributed by atoms with Gasteiger partial charge in [-0.1, -0.05) is 20.3 Å². The Morgan fingerprint density at radius 1 is 1.27 bits per heavy atom.